The number of hydrogen-bond donors (Lipinski definition) is 0. The van der Waals surface area contributed by atoms with Crippen LogP contribution in [0.1, 0.15) is 84.0 Å². The van der Waals surface area contributed by atoms with Crippen molar-refractivity contribution in [3.63, 3.8) is 0 Å². The van der Waals surface area contributed by atoms with Gasteiger partial charge in [0.05, 0.1) is 6.07 Å². The maximum absolute atomic E-state index is 8.22. The average Bonchev–Trinajstić information content (AvgIpc) is 2.51. The molecule has 0 aromatic rings. The van der Waals surface area contributed by atoms with Crippen LogP contribution in [0.5, 0.6) is 0 Å². The Morgan fingerprint density at radius 2 is 1.14 bits per heavy atom. The van der Waals surface area contributed by atoms with E-state index in [1.807, 2.05) is 0 Å². The summed E-state index contributed by atoms with van der Waals surface area (Å²) in [5.74, 6) is 0. The molecule has 118 valence electrons. The summed E-state index contributed by atoms with van der Waals surface area (Å²) in [6.07, 6.45) is 13.9. The van der Waals surface area contributed by atoms with Crippen LogP contribution >= 0.6 is 0 Å². The molecule has 0 rings (SSSR count). The molecule has 3 nitrogen and oxygen atoms in total. The maximum atomic E-state index is 8.22. The van der Waals surface area contributed by atoms with Gasteiger partial charge in [0, 0.05) is 19.3 Å². The summed E-state index contributed by atoms with van der Waals surface area (Å²) in [6.45, 7) is 16.7. The third kappa shape index (κ3) is 27.6. The van der Waals surface area contributed by atoms with Gasteiger partial charge < -0.3 is 9.69 Å². The summed E-state index contributed by atoms with van der Waals surface area (Å²) in [4.78, 5) is 6.57. The van der Waals surface area contributed by atoms with Gasteiger partial charge in [-0.05, 0) is 19.3 Å². The molecule has 3 heteroatoms. The van der Waals surface area contributed by atoms with Gasteiger partial charge in [0.25, 0.3) is 0 Å². The molecule has 0 aromatic heterocycles. The van der Waals surface area contributed by atoms with Crippen molar-refractivity contribution in [1.82, 2.24) is 0 Å². The molecule has 0 heterocycles. The van der Waals surface area contributed by atoms with Gasteiger partial charge in [0.2, 0.25) is 13.1 Å². The minimum atomic E-state index is 0.665. The first-order chi connectivity index (χ1) is 10.3. The van der Waals surface area contributed by atoms with Crippen molar-refractivity contribution in [2.75, 3.05) is 13.1 Å². The van der Waals surface area contributed by atoms with Crippen molar-refractivity contribution >= 4 is 0 Å². The standard InChI is InChI=1S/C9H14N2.C9H17N/c1-11-9-7-5-3-2-4-6-8-10;1-3-4-5-6-7-8-9-10-2/h2-7,9H2;3-9H2,1H3. The van der Waals surface area contributed by atoms with E-state index in [0.29, 0.717) is 13.0 Å². The molecule has 0 radical (unpaired) electrons. The zero-order chi connectivity index (χ0) is 16.0. The van der Waals surface area contributed by atoms with Crippen LogP contribution < -0.4 is 0 Å². The number of hydrogen-bond acceptors (Lipinski definition) is 1. The lowest BCUT2D eigenvalue weighted by molar-refractivity contribution is 0.621. The molecule has 0 aliphatic rings. The fraction of sp³-hybridized carbons (Fsp3) is 0.833. The van der Waals surface area contributed by atoms with Gasteiger partial charge in [-0.2, -0.15) is 5.26 Å². The van der Waals surface area contributed by atoms with E-state index in [4.69, 9.17) is 18.4 Å². The van der Waals surface area contributed by atoms with Crippen LogP contribution in [0.3, 0.4) is 0 Å². The number of nitriles is 1. The van der Waals surface area contributed by atoms with E-state index in [0.717, 1.165) is 38.6 Å². The van der Waals surface area contributed by atoms with Crippen LogP contribution in [0.15, 0.2) is 0 Å². The SMILES string of the molecule is [C-]#[N+]CCCCCCCC.[C-]#[N+]CCCCCCCC#N. The van der Waals surface area contributed by atoms with Gasteiger partial charge in [0.1, 0.15) is 0 Å². The molecule has 0 N–H and O–H groups in total. The van der Waals surface area contributed by atoms with E-state index < -0.39 is 0 Å². The van der Waals surface area contributed by atoms with E-state index in [9.17, 15) is 0 Å². The molecular weight excluding hydrogens is 258 g/mol. The first-order valence-electron chi connectivity index (χ1n) is 8.36. The Morgan fingerprint density at radius 3 is 1.57 bits per heavy atom. The van der Waals surface area contributed by atoms with E-state index in [1.54, 1.807) is 0 Å². The molecule has 21 heavy (non-hydrogen) atoms. The topological polar surface area (TPSA) is 32.5 Å². The third-order valence-electron chi connectivity index (χ3n) is 3.18. The van der Waals surface area contributed by atoms with Crippen LogP contribution in [0, 0.1) is 24.5 Å². The largest absolute Gasteiger partial charge is 0.317 e. The summed E-state index contributed by atoms with van der Waals surface area (Å²) in [5, 5.41) is 8.22. The van der Waals surface area contributed by atoms with Gasteiger partial charge in [-0.1, -0.05) is 45.4 Å². The molecule has 0 aliphatic carbocycles. The Morgan fingerprint density at radius 1 is 0.714 bits per heavy atom. The lowest BCUT2D eigenvalue weighted by atomic mass is 10.1. The van der Waals surface area contributed by atoms with E-state index >= 15 is 0 Å². The minimum Gasteiger partial charge on any atom is -0.317 e. The van der Waals surface area contributed by atoms with Crippen molar-refractivity contribution in [3.05, 3.63) is 22.8 Å². The molecule has 0 atom stereocenters. The molecule has 0 spiro atoms. The van der Waals surface area contributed by atoms with Crippen LogP contribution in [-0.4, -0.2) is 13.1 Å². The summed E-state index contributed by atoms with van der Waals surface area (Å²) in [5.41, 5.74) is 0. The zero-order valence-electron chi connectivity index (χ0n) is 13.7. The van der Waals surface area contributed by atoms with Gasteiger partial charge in [-0.15, -0.1) is 0 Å². The molecule has 0 saturated heterocycles. The quantitative estimate of drug-likeness (QED) is 0.318. The number of nitrogens with zero attached hydrogens (tertiary/aromatic N) is 3. The Bertz CT molecular complexity index is 286. The average molecular weight is 289 g/mol. The van der Waals surface area contributed by atoms with Crippen LogP contribution in [0.25, 0.3) is 9.69 Å². The van der Waals surface area contributed by atoms with Crippen LogP contribution in [0.4, 0.5) is 0 Å². The van der Waals surface area contributed by atoms with Crippen LogP contribution in [0.2, 0.25) is 0 Å². The predicted molar refractivity (Wildman–Crippen MR) is 89.6 cm³/mol. The summed E-state index contributed by atoms with van der Waals surface area (Å²) in [7, 11) is 0. The van der Waals surface area contributed by atoms with Gasteiger partial charge in [-0.3, -0.25) is 0 Å². The van der Waals surface area contributed by atoms with Crippen molar-refractivity contribution < 1.29 is 0 Å². The van der Waals surface area contributed by atoms with Crippen molar-refractivity contribution in [2.45, 2.75) is 84.0 Å². The predicted octanol–water partition coefficient (Wildman–Crippen LogP) is 6.04. The lowest BCUT2D eigenvalue weighted by Crippen LogP contribution is -1.80. The highest BCUT2D eigenvalue weighted by Gasteiger charge is 1.91. The third-order valence-corrected chi connectivity index (χ3v) is 3.18. The Labute approximate surface area is 132 Å². The van der Waals surface area contributed by atoms with Crippen LogP contribution in [-0.2, 0) is 0 Å². The normalized spacial score (nSPS) is 8.86. The van der Waals surface area contributed by atoms with Gasteiger partial charge in [-0.25, -0.2) is 13.1 Å². The van der Waals surface area contributed by atoms with E-state index in [1.165, 1.54) is 38.5 Å². The second kappa shape index (κ2) is 23.6. The zero-order valence-corrected chi connectivity index (χ0v) is 13.7. The molecule has 0 unspecified atom stereocenters. The summed E-state index contributed by atoms with van der Waals surface area (Å²) >= 11 is 0. The molecule has 0 saturated carbocycles. The smallest absolute Gasteiger partial charge is 0.214 e. The molecular formula is C18H31N3. The van der Waals surface area contributed by atoms with Crippen molar-refractivity contribution in [2.24, 2.45) is 0 Å². The second-order valence-electron chi connectivity index (χ2n) is 5.21. The lowest BCUT2D eigenvalue weighted by Gasteiger charge is -1.94. The monoisotopic (exact) mass is 289 g/mol. The molecule has 0 fully saturated rings. The van der Waals surface area contributed by atoms with E-state index in [2.05, 4.69) is 22.7 Å². The molecule has 0 amide bonds. The highest BCUT2D eigenvalue weighted by atomic mass is 14.6. The van der Waals surface area contributed by atoms with Gasteiger partial charge in [0.15, 0.2) is 0 Å². The summed E-state index contributed by atoms with van der Waals surface area (Å²) in [6, 6.07) is 2.12. The van der Waals surface area contributed by atoms with Crippen molar-refractivity contribution in [1.29, 1.82) is 5.26 Å². The molecule has 0 aliphatic heterocycles. The van der Waals surface area contributed by atoms with Gasteiger partial charge >= 0.3 is 0 Å². The Kier molecular flexibility index (Phi) is 24.4. The number of rotatable bonds is 12. The highest BCUT2D eigenvalue weighted by Crippen LogP contribution is 2.05. The maximum Gasteiger partial charge on any atom is 0.214 e. The molecule has 0 aromatic carbocycles. The van der Waals surface area contributed by atoms with E-state index in [-0.39, 0.29) is 0 Å². The summed E-state index contributed by atoms with van der Waals surface area (Å²) < 4.78 is 0. The minimum absolute atomic E-state index is 0.665. The fourth-order valence-corrected chi connectivity index (χ4v) is 1.90. The van der Waals surface area contributed by atoms with Crippen molar-refractivity contribution in [3.8, 4) is 6.07 Å². The first kappa shape index (κ1) is 21.8. The molecule has 0 bridgehead atoms. The fourth-order valence-electron chi connectivity index (χ4n) is 1.90. The Hall–Kier alpha value is -1.53. The first-order valence-corrected chi connectivity index (χ1v) is 8.36. The number of unbranched alkanes of at least 4 members (excludes halogenated alkanes) is 10. The Balaban J connectivity index is 0. The highest BCUT2D eigenvalue weighted by molar-refractivity contribution is 4.68. The second-order valence-corrected chi connectivity index (χ2v) is 5.21.